The molecule has 2 aromatic heterocycles. The van der Waals surface area contributed by atoms with Crippen LogP contribution in [-0.2, 0) is 16.0 Å². The van der Waals surface area contributed by atoms with Crippen molar-refractivity contribution < 1.29 is 9.59 Å². The smallest absolute Gasteiger partial charge is 0.226 e. The monoisotopic (exact) mass is 377 g/mol. The van der Waals surface area contributed by atoms with E-state index in [0.717, 1.165) is 22.0 Å². The molecule has 2 unspecified atom stereocenters. The molecule has 0 spiro atoms. The predicted molar refractivity (Wildman–Crippen MR) is 97.7 cm³/mol. The Hall–Kier alpha value is -2.33. The lowest BCUT2D eigenvalue weighted by molar-refractivity contribution is -0.125. The number of amides is 2. The van der Waals surface area contributed by atoms with Crippen LogP contribution in [0.1, 0.15) is 48.0 Å². The first kappa shape index (κ1) is 18.5. The first-order chi connectivity index (χ1) is 12.3. The van der Waals surface area contributed by atoms with Crippen molar-refractivity contribution in [2.75, 3.05) is 5.32 Å². The molecule has 3 N–H and O–H groups in total. The molecular weight excluding hydrogens is 354 g/mol. The minimum atomic E-state index is -0.364. The van der Waals surface area contributed by atoms with Gasteiger partial charge in [-0.1, -0.05) is 11.3 Å². The Balaban J connectivity index is 1.66. The molecule has 140 valence electrons. The van der Waals surface area contributed by atoms with Gasteiger partial charge in [-0.15, -0.1) is 10.2 Å². The van der Waals surface area contributed by atoms with Crippen molar-refractivity contribution in [3.05, 3.63) is 22.0 Å². The molecule has 1 saturated heterocycles. The van der Waals surface area contributed by atoms with E-state index in [9.17, 15) is 9.59 Å². The second-order valence-electron chi connectivity index (χ2n) is 6.51. The summed E-state index contributed by atoms with van der Waals surface area (Å²) in [5.41, 5.74) is 2.81. The summed E-state index contributed by atoms with van der Waals surface area (Å²) < 4.78 is 1.78. The Labute approximate surface area is 155 Å². The molecule has 0 aliphatic carbocycles. The van der Waals surface area contributed by atoms with Crippen LogP contribution in [0.3, 0.4) is 0 Å². The second kappa shape index (κ2) is 7.50. The number of carbonyl (C=O) groups excluding carboxylic acids is 2. The van der Waals surface area contributed by atoms with Crippen molar-refractivity contribution in [3.8, 4) is 0 Å². The van der Waals surface area contributed by atoms with Crippen LogP contribution in [0.2, 0.25) is 0 Å². The third-order valence-corrected chi connectivity index (χ3v) is 5.08. The molecular formula is C16H23N7O2S. The van der Waals surface area contributed by atoms with E-state index in [2.05, 4.69) is 31.2 Å². The molecule has 3 rings (SSSR count). The highest BCUT2D eigenvalue weighted by Gasteiger charge is 2.27. The average molecular weight is 377 g/mol. The molecule has 2 aromatic rings. The normalized spacial score (nSPS) is 20.1. The molecule has 2 amide bonds. The van der Waals surface area contributed by atoms with E-state index < -0.39 is 0 Å². The van der Waals surface area contributed by atoms with Gasteiger partial charge in [0.15, 0.2) is 6.29 Å². The highest BCUT2D eigenvalue weighted by molar-refractivity contribution is 7.15. The molecule has 0 bridgehead atoms. The number of rotatable bonds is 5. The lowest BCUT2D eigenvalue weighted by Gasteiger charge is -2.30. The Morgan fingerprint density at radius 1 is 1.35 bits per heavy atom. The van der Waals surface area contributed by atoms with Crippen LogP contribution in [0.25, 0.3) is 0 Å². The lowest BCUT2D eigenvalue weighted by Crippen LogP contribution is -2.52. The molecule has 9 nitrogen and oxygen atoms in total. The summed E-state index contributed by atoms with van der Waals surface area (Å²) in [6, 6.07) is 0.0854. The Morgan fingerprint density at radius 3 is 2.77 bits per heavy atom. The largest absolute Gasteiger partial charge is 0.322 e. The van der Waals surface area contributed by atoms with Gasteiger partial charge in [0.1, 0.15) is 5.01 Å². The maximum absolute atomic E-state index is 12.1. The van der Waals surface area contributed by atoms with Gasteiger partial charge in [0.05, 0.1) is 5.69 Å². The number of nitrogens with zero attached hydrogens (tertiary/aromatic N) is 4. The van der Waals surface area contributed by atoms with Gasteiger partial charge >= 0.3 is 0 Å². The van der Waals surface area contributed by atoms with Crippen molar-refractivity contribution in [2.24, 2.45) is 0 Å². The fraction of sp³-hybridized carbons (Fsp3) is 0.562. The van der Waals surface area contributed by atoms with E-state index in [-0.39, 0.29) is 24.1 Å². The van der Waals surface area contributed by atoms with Crippen molar-refractivity contribution in [1.82, 2.24) is 30.6 Å². The summed E-state index contributed by atoms with van der Waals surface area (Å²) in [6.07, 6.45) is 0.982. The molecule has 3 heterocycles. The van der Waals surface area contributed by atoms with Gasteiger partial charge in [0.25, 0.3) is 0 Å². The number of hydrogen-bond donors (Lipinski definition) is 3. The molecule has 10 heteroatoms. The van der Waals surface area contributed by atoms with Gasteiger partial charge in [-0.25, -0.2) is 4.68 Å². The summed E-state index contributed by atoms with van der Waals surface area (Å²) in [6.45, 7) is 7.68. The molecule has 2 atom stereocenters. The molecule has 1 aliphatic rings. The van der Waals surface area contributed by atoms with Crippen LogP contribution < -0.4 is 16.0 Å². The Kier molecular flexibility index (Phi) is 5.33. The zero-order chi connectivity index (χ0) is 18.8. The molecule has 0 aromatic carbocycles. The van der Waals surface area contributed by atoms with Gasteiger partial charge in [0.2, 0.25) is 16.9 Å². The number of nitrogens with one attached hydrogen (secondary N) is 3. The summed E-state index contributed by atoms with van der Waals surface area (Å²) in [7, 11) is 0. The van der Waals surface area contributed by atoms with Crippen molar-refractivity contribution in [1.29, 1.82) is 0 Å². The minimum absolute atomic E-state index is 0.00193. The van der Waals surface area contributed by atoms with Crippen LogP contribution in [-0.4, -0.2) is 37.8 Å². The molecule has 0 radical (unpaired) electrons. The zero-order valence-electron chi connectivity index (χ0n) is 15.3. The van der Waals surface area contributed by atoms with Gasteiger partial charge < -0.3 is 10.6 Å². The van der Waals surface area contributed by atoms with Crippen LogP contribution in [0.4, 0.5) is 5.13 Å². The SMILES string of the molecule is Cc1nnc(NC(=O)CCc2c(C)nn(C3NC(=O)CC(C)N3)c2C)s1. The van der Waals surface area contributed by atoms with E-state index in [1.165, 1.54) is 11.3 Å². The van der Waals surface area contributed by atoms with E-state index in [4.69, 9.17) is 0 Å². The van der Waals surface area contributed by atoms with E-state index in [1.807, 2.05) is 27.7 Å². The predicted octanol–water partition coefficient (Wildman–Crippen LogP) is 1.19. The minimum Gasteiger partial charge on any atom is -0.322 e. The summed E-state index contributed by atoms with van der Waals surface area (Å²) >= 11 is 1.35. The fourth-order valence-corrected chi connectivity index (χ4v) is 3.68. The molecule has 0 saturated carbocycles. The number of anilines is 1. The van der Waals surface area contributed by atoms with Gasteiger partial charge in [-0.3, -0.25) is 14.9 Å². The Morgan fingerprint density at radius 2 is 2.12 bits per heavy atom. The fourth-order valence-electron chi connectivity index (χ4n) is 3.07. The number of hydrogen-bond acceptors (Lipinski definition) is 7. The summed E-state index contributed by atoms with van der Waals surface area (Å²) in [5.74, 6) is -0.104. The quantitative estimate of drug-likeness (QED) is 0.721. The van der Waals surface area contributed by atoms with Gasteiger partial charge in [0, 0.05) is 24.6 Å². The topological polar surface area (TPSA) is 114 Å². The lowest BCUT2D eigenvalue weighted by atomic mass is 10.1. The summed E-state index contributed by atoms with van der Waals surface area (Å²) in [4.78, 5) is 23.9. The van der Waals surface area contributed by atoms with Crippen molar-refractivity contribution in [2.45, 2.75) is 59.3 Å². The van der Waals surface area contributed by atoms with Crippen LogP contribution in [0.15, 0.2) is 0 Å². The highest BCUT2D eigenvalue weighted by Crippen LogP contribution is 2.20. The number of carbonyl (C=O) groups is 2. The molecule has 1 fully saturated rings. The zero-order valence-corrected chi connectivity index (χ0v) is 16.1. The second-order valence-corrected chi connectivity index (χ2v) is 7.69. The van der Waals surface area contributed by atoms with Crippen molar-refractivity contribution in [3.63, 3.8) is 0 Å². The van der Waals surface area contributed by atoms with E-state index >= 15 is 0 Å². The van der Waals surface area contributed by atoms with Crippen LogP contribution >= 0.6 is 11.3 Å². The molecule has 1 aliphatic heterocycles. The number of aromatic nitrogens is 4. The first-order valence-electron chi connectivity index (χ1n) is 8.53. The number of aryl methyl sites for hydroxylation is 2. The maximum Gasteiger partial charge on any atom is 0.226 e. The van der Waals surface area contributed by atoms with E-state index in [1.54, 1.807) is 4.68 Å². The van der Waals surface area contributed by atoms with Crippen molar-refractivity contribution >= 4 is 28.3 Å². The van der Waals surface area contributed by atoms with Gasteiger partial charge in [-0.2, -0.15) is 5.10 Å². The maximum atomic E-state index is 12.1. The van der Waals surface area contributed by atoms with Crippen LogP contribution in [0, 0.1) is 20.8 Å². The summed E-state index contributed by atoms with van der Waals surface area (Å²) in [5, 5.41) is 22.6. The molecule has 26 heavy (non-hydrogen) atoms. The van der Waals surface area contributed by atoms with E-state index in [0.29, 0.717) is 24.4 Å². The third kappa shape index (κ3) is 4.07. The average Bonchev–Trinajstić information content (AvgIpc) is 3.08. The third-order valence-electron chi connectivity index (χ3n) is 4.33. The Bertz CT molecular complexity index is 829. The highest BCUT2D eigenvalue weighted by atomic mass is 32.1. The van der Waals surface area contributed by atoms with Gasteiger partial charge in [-0.05, 0) is 39.7 Å². The first-order valence-corrected chi connectivity index (χ1v) is 9.35. The van der Waals surface area contributed by atoms with Crippen LogP contribution in [0.5, 0.6) is 0 Å². The standard InChI is InChI=1S/C16H23N7O2S/c1-8-7-14(25)18-15(17-8)23-10(3)12(9(2)22-23)5-6-13(24)19-16-21-20-11(4)26-16/h8,15,17H,5-7H2,1-4H3,(H,18,25)(H,19,21,24).